The zero-order valence-electron chi connectivity index (χ0n) is 6.65. The Labute approximate surface area is 80.3 Å². The Morgan fingerprint density at radius 1 is 1.15 bits per heavy atom. The summed E-state index contributed by atoms with van der Waals surface area (Å²) < 4.78 is 9.27. The quantitative estimate of drug-likeness (QED) is 0.259. The zero-order valence-corrected chi connectivity index (χ0v) is 7.54. The van der Waals surface area contributed by atoms with Gasteiger partial charge < -0.3 is 25.2 Å². The summed E-state index contributed by atoms with van der Waals surface area (Å²) in [6.07, 6.45) is -6.26. The van der Waals surface area contributed by atoms with Crippen molar-refractivity contribution in [2.75, 3.05) is 6.61 Å². The maximum Gasteiger partial charge on any atom is 0.199 e. The van der Waals surface area contributed by atoms with Crippen molar-refractivity contribution in [2.45, 2.75) is 30.7 Å². The molecule has 4 N–H and O–H groups in total. The Hall–Kier alpha value is 0.110. The maximum absolute atomic E-state index is 9.25. The molecule has 1 fully saturated rings. The highest BCUT2D eigenvalue weighted by Gasteiger charge is 2.43. The van der Waals surface area contributed by atoms with Crippen LogP contribution in [0.3, 0.4) is 0 Å². The second-order valence-electron chi connectivity index (χ2n) is 2.80. The highest BCUT2D eigenvalue weighted by atomic mass is 32.1. The van der Waals surface area contributed by atoms with Crippen molar-refractivity contribution in [2.24, 2.45) is 0 Å². The number of thiol groups is 1. The van der Waals surface area contributed by atoms with Crippen LogP contribution in [0.25, 0.3) is 0 Å². The molecule has 1 heterocycles. The molecule has 0 radical (unpaired) electrons. The molecule has 0 spiro atoms. The molecule has 1 unspecified atom stereocenters. The summed E-state index contributed by atoms with van der Waals surface area (Å²) >= 11 is 3.41. The minimum Gasteiger partial charge on any atom is -0.394 e. The fourth-order valence-corrected chi connectivity index (χ4v) is 1.33. The molecule has 0 saturated carbocycles. The minimum atomic E-state index is -1.41. The molecule has 6 nitrogen and oxygen atoms in total. The van der Waals surface area contributed by atoms with Crippen molar-refractivity contribution in [1.29, 1.82) is 0 Å². The second kappa shape index (κ2) is 4.56. The van der Waals surface area contributed by atoms with Crippen LogP contribution in [0.4, 0.5) is 0 Å². The molecule has 0 aromatic heterocycles. The van der Waals surface area contributed by atoms with Crippen molar-refractivity contribution >= 4 is 12.9 Å². The molecule has 13 heavy (non-hydrogen) atoms. The summed E-state index contributed by atoms with van der Waals surface area (Å²) in [5, 5.41) is 36.4. The maximum atomic E-state index is 9.25. The standard InChI is InChI=1S/C6H12O6S/c7-1-2-3(8)4(9)5(10)6(11-2)12-13/h2-10,13H,1H2/t2-,3-,4+,5-,6?/m1/s1. The number of hydrogen-bond donors (Lipinski definition) is 5. The van der Waals surface area contributed by atoms with Gasteiger partial charge in [-0.15, -0.1) is 0 Å². The van der Waals surface area contributed by atoms with Gasteiger partial charge in [0.25, 0.3) is 0 Å². The van der Waals surface area contributed by atoms with Crippen LogP contribution < -0.4 is 0 Å². The summed E-state index contributed by atoms with van der Waals surface area (Å²) in [5.74, 6) is 0. The van der Waals surface area contributed by atoms with Crippen molar-refractivity contribution in [3.05, 3.63) is 0 Å². The topological polar surface area (TPSA) is 99.4 Å². The van der Waals surface area contributed by atoms with Gasteiger partial charge in [0.2, 0.25) is 0 Å². The van der Waals surface area contributed by atoms with Crippen molar-refractivity contribution in [3.8, 4) is 0 Å². The summed E-state index contributed by atoms with van der Waals surface area (Å²) in [6.45, 7) is -0.474. The smallest absolute Gasteiger partial charge is 0.199 e. The normalized spacial score (nSPS) is 46.4. The fourth-order valence-electron chi connectivity index (χ4n) is 1.15. The third-order valence-corrected chi connectivity index (χ3v) is 2.16. The molecule has 78 valence electrons. The predicted molar refractivity (Wildman–Crippen MR) is 43.8 cm³/mol. The molecule has 1 saturated heterocycles. The molecule has 5 atom stereocenters. The van der Waals surface area contributed by atoms with Gasteiger partial charge in [-0.1, -0.05) is 0 Å². The minimum absolute atomic E-state index is 0.474. The van der Waals surface area contributed by atoms with Gasteiger partial charge in [-0.2, -0.15) is 0 Å². The lowest BCUT2D eigenvalue weighted by Gasteiger charge is -2.38. The molecule has 1 aliphatic heterocycles. The Balaban J connectivity index is 2.66. The average molecular weight is 212 g/mol. The van der Waals surface area contributed by atoms with Crippen LogP contribution in [-0.2, 0) is 8.92 Å². The van der Waals surface area contributed by atoms with E-state index in [1.165, 1.54) is 0 Å². The molecule has 1 rings (SSSR count). The first-order valence-electron chi connectivity index (χ1n) is 3.72. The van der Waals surface area contributed by atoms with E-state index in [1.807, 2.05) is 0 Å². The summed E-state index contributed by atoms with van der Waals surface area (Å²) in [6, 6.07) is 0. The van der Waals surface area contributed by atoms with Crippen LogP contribution in [-0.4, -0.2) is 57.7 Å². The van der Waals surface area contributed by atoms with E-state index in [9.17, 15) is 15.3 Å². The van der Waals surface area contributed by atoms with E-state index in [1.54, 1.807) is 0 Å². The second-order valence-corrected chi connectivity index (χ2v) is 3.01. The van der Waals surface area contributed by atoms with Gasteiger partial charge in [-0.25, -0.2) is 0 Å². The van der Waals surface area contributed by atoms with Crippen LogP contribution in [0, 0.1) is 0 Å². The summed E-state index contributed by atoms with van der Waals surface area (Å²) in [4.78, 5) is 0. The van der Waals surface area contributed by atoms with E-state index >= 15 is 0 Å². The van der Waals surface area contributed by atoms with Crippen LogP contribution >= 0.6 is 12.9 Å². The Bertz CT molecular complexity index is 147. The van der Waals surface area contributed by atoms with Crippen LogP contribution in [0.1, 0.15) is 0 Å². The third kappa shape index (κ3) is 2.13. The number of hydrogen-bond acceptors (Lipinski definition) is 7. The molecule has 0 aliphatic carbocycles. The van der Waals surface area contributed by atoms with Crippen molar-refractivity contribution in [1.82, 2.24) is 0 Å². The monoisotopic (exact) mass is 212 g/mol. The van der Waals surface area contributed by atoms with E-state index in [0.29, 0.717) is 0 Å². The Kier molecular flexibility index (Phi) is 3.92. The van der Waals surface area contributed by atoms with E-state index < -0.39 is 37.3 Å². The average Bonchev–Trinajstić information content (AvgIpc) is 2.15. The van der Waals surface area contributed by atoms with Gasteiger partial charge in [-0.05, 0) is 12.9 Å². The molecular weight excluding hydrogens is 200 g/mol. The molecular formula is C6H12O6S. The molecule has 7 heteroatoms. The molecule has 0 amide bonds. The predicted octanol–water partition coefficient (Wildman–Crippen LogP) is -2.35. The van der Waals surface area contributed by atoms with E-state index in [2.05, 4.69) is 17.1 Å². The largest absolute Gasteiger partial charge is 0.394 e. The first-order valence-corrected chi connectivity index (χ1v) is 4.09. The first kappa shape index (κ1) is 11.2. The molecule has 0 aromatic rings. The van der Waals surface area contributed by atoms with Crippen molar-refractivity contribution in [3.63, 3.8) is 0 Å². The fraction of sp³-hybridized carbons (Fsp3) is 1.00. The lowest BCUT2D eigenvalue weighted by Crippen LogP contribution is -2.58. The number of aliphatic hydroxyl groups excluding tert-OH is 4. The Morgan fingerprint density at radius 2 is 1.77 bits per heavy atom. The van der Waals surface area contributed by atoms with E-state index in [0.717, 1.165) is 0 Å². The Morgan fingerprint density at radius 3 is 2.23 bits per heavy atom. The van der Waals surface area contributed by atoms with Gasteiger partial charge in [0, 0.05) is 0 Å². The molecule has 1 aliphatic rings. The summed E-state index contributed by atoms with van der Waals surface area (Å²) in [7, 11) is 0. The summed E-state index contributed by atoms with van der Waals surface area (Å²) in [5.41, 5.74) is 0. The van der Waals surface area contributed by atoms with E-state index in [-0.39, 0.29) is 0 Å². The van der Waals surface area contributed by atoms with Crippen LogP contribution in [0.5, 0.6) is 0 Å². The van der Waals surface area contributed by atoms with Crippen molar-refractivity contribution < 1.29 is 29.3 Å². The first-order chi connectivity index (χ1) is 6.11. The number of rotatable bonds is 2. The lowest BCUT2D eigenvalue weighted by molar-refractivity contribution is -0.273. The number of ether oxygens (including phenoxy) is 1. The lowest BCUT2D eigenvalue weighted by atomic mass is 10.00. The molecule has 0 bridgehead atoms. The van der Waals surface area contributed by atoms with Crippen LogP contribution in [0.2, 0.25) is 0 Å². The highest BCUT2D eigenvalue weighted by molar-refractivity contribution is 7.75. The highest BCUT2D eigenvalue weighted by Crippen LogP contribution is 2.22. The zero-order chi connectivity index (χ0) is 10.0. The third-order valence-electron chi connectivity index (χ3n) is 1.95. The van der Waals surface area contributed by atoms with Gasteiger partial charge in [0.05, 0.1) is 6.61 Å². The molecule has 0 aromatic carbocycles. The van der Waals surface area contributed by atoms with E-state index in [4.69, 9.17) is 9.84 Å². The van der Waals surface area contributed by atoms with Gasteiger partial charge in [-0.3, -0.25) is 4.18 Å². The van der Waals surface area contributed by atoms with Gasteiger partial charge in [0.15, 0.2) is 6.29 Å². The number of aliphatic hydroxyl groups is 4. The van der Waals surface area contributed by atoms with Gasteiger partial charge in [0.1, 0.15) is 24.4 Å². The van der Waals surface area contributed by atoms with Crippen LogP contribution in [0.15, 0.2) is 0 Å². The SMILES string of the molecule is OC[C@H]1OC(OS)[C@H](O)[C@@H](O)[C@@H]1O. The van der Waals surface area contributed by atoms with Gasteiger partial charge >= 0.3 is 0 Å².